The largest absolute Gasteiger partial charge is 0.316 e. The van der Waals surface area contributed by atoms with E-state index < -0.39 is 0 Å². The Hall–Kier alpha value is -1.29. The Morgan fingerprint density at radius 3 is 3.25 bits per heavy atom. The fraction of sp³-hybridized carbons (Fsp3) is 0. The first-order valence-corrected chi connectivity index (χ1v) is 4.26. The van der Waals surface area contributed by atoms with Crippen molar-refractivity contribution in [1.82, 2.24) is 4.72 Å². The van der Waals surface area contributed by atoms with E-state index in [1.165, 1.54) is 11.9 Å². The summed E-state index contributed by atoms with van der Waals surface area (Å²) < 4.78 is 2.92. The minimum atomic E-state index is 0.661. The third-order valence-electron chi connectivity index (χ3n) is 1.54. The Balaban J connectivity index is 2.51. The van der Waals surface area contributed by atoms with E-state index in [4.69, 9.17) is 0 Å². The number of carbonyl (C=O) groups is 1. The molecule has 12 heavy (non-hydrogen) atoms. The first-order chi connectivity index (χ1) is 5.90. The van der Waals surface area contributed by atoms with Gasteiger partial charge in [-0.05, 0) is 24.1 Å². The molecule has 0 amide bonds. The second-order valence-corrected chi connectivity index (χ2v) is 3.20. The number of rotatable bonds is 1. The number of aldehydes is 1. The monoisotopic (exact) mass is 178 g/mol. The van der Waals surface area contributed by atoms with E-state index in [1.807, 2.05) is 6.07 Å². The molecular formula is C8H6N2OS. The van der Waals surface area contributed by atoms with Crippen molar-refractivity contribution in [3.63, 3.8) is 0 Å². The molecule has 4 heteroatoms. The number of nitrogens with zero attached hydrogens (tertiary/aromatic N) is 1. The van der Waals surface area contributed by atoms with Crippen LogP contribution in [0.4, 0.5) is 5.69 Å². The van der Waals surface area contributed by atoms with Crippen LogP contribution in [-0.2, 0) is 0 Å². The minimum Gasteiger partial charge on any atom is -0.316 e. The molecule has 1 aliphatic rings. The minimum absolute atomic E-state index is 0.661. The molecule has 1 heterocycles. The summed E-state index contributed by atoms with van der Waals surface area (Å²) in [5.41, 5.74) is 1.51. The molecule has 0 saturated carbocycles. The number of hydrogen-bond donors (Lipinski definition) is 1. The number of carbonyl (C=O) groups excluding carboxylic acids is 1. The SMILES string of the molecule is O=Cc1ccc2c(c1)N=CNS2. The van der Waals surface area contributed by atoms with Crippen molar-refractivity contribution in [1.29, 1.82) is 0 Å². The molecule has 2 rings (SSSR count). The summed E-state index contributed by atoms with van der Waals surface area (Å²) in [6.45, 7) is 0. The van der Waals surface area contributed by atoms with Gasteiger partial charge in [-0.1, -0.05) is 6.07 Å². The van der Waals surface area contributed by atoms with Crippen LogP contribution < -0.4 is 4.72 Å². The summed E-state index contributed by atoms with van der Waals surface area (Å²) >= 11 is 1.49. The molecule has 0 bridgehead atoms. The van der Waals surface area contributed by atoms with Gasteiger partial charge in [0.2, 0.25) is 0 Å². The molecule has 1 aromatic carbocycles. The van der Waals surface area contributed by atoms with Crippen LogP contribution >= 0.6 is 11.9 Å². The Morgan fingerprint density at radius 2 is 2.42 bits per heavy atom. The van der Waals surface area contributed by atoms with Gasteiger partial charge in [0.25, 0.3) is 0 Å². The van der Waals surface area contributed by atoms with Crippen molar-refractivity contribution in [2.75, 3.05) is 0 Å². The number of hydrogen-bond acceptors (Lipinski definition) is 4. The van der Waals surface area contributed by atoms with E-state index in [0.29, 0.717) is 5.56 Å². The third-order valence-corrected chi connectivity index (χ3v) is 2.33. The molecule has 0 saturated heterocycles. The zero-order chi connectivity index (χ0) is 8.39. The van der Waals surface area contributed by atoms with Crippen LogP contribution in [0, 0.1) is 0 Å². The number of aliphatic imine (C=N–C) groups is 1. The molecule has 3 nitrogen and oxygen atoms in total. The highest BCUT2D eigenvalue weighted by Gasteiger charge is 2.05. The summed E-state index contributed by atoms with van der Waals surface area (Å²) in [7, 11) is 0. The lowest BCUT2D eigenvalue weighted by molar-refractivity contribution is 0.112. The standard InChI is InChI=1S/C8H6N2OS/c11-4-6-1-2-8-7(3-6)9-5-10-12-8/h1-5H,(H,9,10). The van der Waals surface area contributed by atoms with Crippen molar-refractivity contribution in [3.8, 4) is 0 Å². The molecule has 0 radical (unpaired) electrons. The maximum atomic E-state index is 10.4. The van der Waals surface area contributed by atoms with Crippen molar-refractivity contribution in [2.24, 2.45) is 4.99 Å². The van der Waals surface area contributed by atoms with Gasteiger partial charge in [-0.3, -0.25) is 4.79 Å². The van der Waals surface area contributed by atoms with E-state index in [-0.39, 0.29) is 0 Å². The molecule has 0 aromatic heterocycles. The van der Waals surface area contributed by atoms with Crippen LogP contribution in [0.1, 0.15) is 10.4 Å². The van der Waals surface area contributed by atoms with E-state index >= 15 is 0 Å². The molecule has 0 atom stereocenters. The van der Waals surface area contributed by atoms with E-state index in [1.54, 1.807) is 18.5 Å². The predicted molar refractivity (Wildman–Crippen MR) is 49.0 cm³/mol. The number of benzene rings is 1. The lowest BCUT2D eigenvalue weighted by Crippen LogP contribution is -2.02. The topological polar surface area (TPSA) is 41.5 Å². The van der Waals surface area contributed by atoms with E-state index in [0.717, 1.165) is 16.9 Å². The van der Waals surface area contributed by atoms with Gasteiger partial charge in [0.05, 0.1) is 16.9 Å². The Labute approximate surface area is 74.0 Å². The van der Waals surface area contributed by atoms with E-state index in [2.05, 4.69) is 9.71 Å². The van der Waals surface area contributed by atoms with Crippen LogP contribution in [0.25, 0.3) is 0 Å². The summed E-state index contributed by atoms with van der Waals surface area (Å²) in [6, 6.07) is 5.43. The third kappa shape index (κ3) is 1.21. The predicted octanol–water partition coefficient (Wildman–Crippen LogP) is 1.77. The van der Waals surface area contributed by atoms with E-state index in [9.17, 15) is 4.79 Å². The zero-order valence-electron chi connectivity index (χ0n) is 6.15. The normalized spacial score (nSPS) is 13.3. The fourth-order valence-corrected chi connectivity index (χ4v) is 1.57. The van der Waals surface area contributed by atoms with Gasteiger partial charge < -0.3 is 4.72 Å². The highest BCUT2D eigenvalue weighted by molar-refractivity contribution is 7.98. The maximum absolute atomic E-state index is 10.4. The Kier molecular flexibility index (Phi) is 1.83. The molecule has 1 aromatic rings. The quantitative estimate of drug-likeness (QED) is 0.526. The molecule has 1 N–H and O–H groups in total. The molecule has 0 fully saturated rings. The average Bonchev–Trinajstić information content (AvgIpc) is 2.17. The maximum Gasteiger partial charge on any atom is 0.150 e. The van der Waals surface area contributed by atoms with Crippen LogP contribution in [0.5, 0.6) is 0 Å². The van der Waals surface area contributed by atoms with Gasteiger partial charge in [0, 0.05) is 5.56 Å². The molecule has 0 spiro atoms. The van der Waals surface area contributed by atoms with Gasteiger partial charge in [-0.25, -0.2) is 4.99 Å². The fourth-order valence-electron chi connectivity index (χ4n) is 0.981. The lowest BCUT2D eigenvalue weighted by atomic mass is 10.2. The van der Waals surface area contributed by atoms with Crippen LogP contribution in [0.2, 0.25) is 0 Å². The van der Waals surface area contributed by atoms with Crippen LogP contribution in [-0.4, -0.2) is 12.6 Å². The van der Waals surface area contributed by atoms with Gasteiger partial charge >= 0.3 is 0 Å². The van der Waals surface area contributed by atoms with Crippen LogP contribution in [0.15, 0.2) is 28.1 Å². The Bertz CT molecular complexity index is 349. The summed E-state index contributed by atoms with van der Waals surface area (Å²) in [5, 5.41) is 0. The molecule has 0 aliphatic carbocycles. The molecule has 0 unspecified atom stereocenters. The second kappa shape index (κ2) is 2.98. The van der Waals surface area contributed by atoms with Crippen molar-refractivity contribution < 1.29 is 4.79 Å². The second-order valence-electron chi connectivity index (χ2n) is 2.32. The van der Waals surface area contributed by atoms with Gasteiger partial charge in [-0.15, -0.1) is 0 Å². The first kappa shape index (κ1) is 7.36. The molecular weight excluding hydrogens is 172 g/mol. The average molecular weight is 178 g/mol. The van der Waals surface area contributed by atoms with Gasteiger partial charge in [0.1, 0.15) is 6.29 Å². The number of fused-ring (bicyclic) bond motifs is 1. The number of nitrogens with one attached hydrogen (secondary N) is 1. The van der Waals surface area contributed by atoms with Gasteiger partial charge in [0.15, 0.2) is 0 Å². The summed E-state index contributed by atoms with van der Waals surface area (Å²) in [5.74, 6) is 0. The highest BCUT2D eigenvalue weighted by atomic mass is 32.2. The summed E-state index contributed by atoms with van der Waals surface area (Å²) in [4.78, 5) is 15.5. The van der Waals surface area contributed by atoms with Crippen molar-refractivity contribution in [3.05, 3.63) is 23.8 Å². The van der Waals surface area contributed by atoms with Crippen molar-refractivity contribution in [2.45, 2.75) is 4.90 Å². The van der Waals surface area contributed by atoms with Gasteiger partial charge in [-0.2, -0.15) is 0 Å². The Morgan fingerprint density at radius 1 is 1.50 bits per heavy atom. The highest BCUT2D eigenvalue weighted by Crippen LogP contribution is 2.30. The van der Waals surface area contributed by atoms with Crippen LogP contribution in [0.3, 0.4) is 0 Å². The molecule has 1 aliphatic heterocycles. The summed E-state index contributed by atoms with van der Waals surface area (Å²) in [6.07, 6.45) is 2.43. The lowest BCUT2D eigenvalue weighted by Gasteiger charge is -2.09. The molecule has 60 valence electrons. The van der Waals surface area contributed by atoms with Crippen molar-refractivity contribution >= 4 is 30.3 Å². The first-order valence-electron chi connectivity index (χ1n) is 3.44. The smallest absolute Gasteiger partial charge is 0.150 e. The zero-order valence-corrected chi connectivity index (χ0v) is 6.97.